The minimum absolute atomic E-state index is 0.204. The van der Waals surface area contributed by atoms with E-state index in [1.807, 2.05) is 60.7 Å². The minimum Gasteiger partial charge on any atom is -0.452 e. The summed E-state index contributed by atoms with van der Waals surface area (Å²) in [5.41, 5.74) is 2.26. The third kappa shape index (κ3) is 5.87. The lowest BCUT2D eigenvalue weighted by Crippen LogP contribution is -2.33. The van der Waals surface area contributed by atoms with Gasteiger partial charge in [-0.2, -0.15) is 0 Å². The molecule has 0 bridgehead atoms. The van der Waals surface area contributed by atoms with Crippen LogP contribution in [-0.2, 0) is 26.8 Å². The highest BCUT2D eigenvalue weighted by molar-refractivity contribution is 7.84. The number of hydrogen-bond donors (Lipinski definition) is 1. The lowest BCUT2D eigenvalue weighted by molar-refractivity contribution is -0.125. The van der Waals surface area contributed by atoms with Crippen LogP contribution >= 0.6 is 0 Å². The Kier molecular flexibility index (Phi) is 7.51. The summed E-state index contributed by atoms with van der Waals surface area (Å²) in [7, 11) is -1.33. The van der Waals surface area contributed by atoms with E-state index in [2.05, 4.69) is 5.32 Å². The zero-order valence-corrected chi connectivity index (χ0v) is 17.4. The first-order chi connectivity index (χ1) is 14.5. The Hall–Kier alpha value is -3.25. The van der Waals surface area contributed by atoms with Crippen LogP contribution in [0.5, 0.6) is 0 Å². The maximum atomic E-state index is 12.5. The molecule has 0 fully saturated rings. The molecule has 0 saturated heterocycles. The molecule has 0 aliphatic carbocycles. The van der Waals surface area contributed by atoms with Gasteiger partial charge in [0.25, 0.3) is 5.91 Å². The molecule has 0 aromatic heterocycles. The van der Waals surface area contributed by atoms with Gasteiger partial charge in [-0.05, 0) is 29.7 Å². The number of amides is 1. The van der Waals surface area contributed by atoms with E-state index < -0.39 is 29.3 Å². The van der Waals surface area contributed by atoms with Crippen molar-refractivity contribution in [2.45, 2.75) is 17.4 Å². The molecule has 0 aliphatic rings. The summed E-state index contributed by atoms with van der Waals surface area (Å²) in [5.74, 6) is -1.07. The second kappa shape index (κ2) is 10.5. The highest BCUT2D eigenvalue weighted by atomic mass is 32.2. The highest BCUT2D eigenvalue weighted by Gasteiger charge is 2.19. The Morgan fingerprint density at radius 2 is 1.50 bits per heavy atom. The van der Waals surface area contributed by atoms with Crippen molar-refractivity contribution in [2.75, 3.05) is 12.9 Å². The standard InChI is InChI=1S/C24H23NO4S/c1-30(28)22-15-9-8-14-20(22)24(27)29-17-23(26)25-21(19-12-6-3-7-13-19)16-18-10-4-2-5-11-18/h2-15,21H,16-17H2,1H3,(H,25,26)/t21-,30-/m1/s1. The molecule has 5 nitrogen and oxygen atoms in total. The quantitative estimate of drug-likeness (QED) is 0.563. The smallest absolute Gasteiger partial charge is 0.339 e. The van der Waals surface area contributed by atoms with Gasteiger partial charge in [0.05, 0.1) is 27.3 Å². The number of esters is 1. The van der Waals surface area contributed by atoms with Crippen LogP contribution in [-0.4, -0.2) is 28.9 Å². The van der Waals surface area contributed by atoms with Crippen molar-refractivity contribution in [3.8, 4) is 0 Å². The van der Waals surface area contributed by atoms with Gasteiger partial charge in [-0.15, -0.1) is 0 Å². The molecular formula is C24H23NO4S. The molecule has 0 heterocycles. The lowest BCUT2D eigenvalue weighted by Gasteiger charge is -2.19. The fraction of sp³-hybridized carbons (Fsp3) is 0.167. The molecular weight excluding hydrogens is 398 g/mol. The van der Waals surface area contributed by atoms with Crippen LogP contribution in [0.1, 0.15) is 27.5 Å². The molecule has 0 unspecified atom stereocenters. The number of carbonyl (C=O) groups excluding carboxylic acids is 2. The van der Waals surface area contributed by atoms with Gasteiger partial charge in [0, 0.05) is 6.26 Å². The van der Waals surface area contributed by atoms with Gasteiger partial charge in [-0.25, -0.2) is 4.79 Å². The molecule has 0 saturated carbocycles. The van der Waals surface area contributed by atoms with Crippen molar-refractivity contribution in [1.82, 2.24) is 5.32 Å². The summed E-state index contributed by atoms with van der Waals surface area (Å²) in [4.78, 5) is 25.3. The maximum absolute atomic E-state index is 12.5. The molecule has 3 aromatic rings. The van der Waals surface area contributed by atoms with Gasteiger partial charge in [0.1, 0.15) is 0 Å². The zero-order chi connectivity index (χ0) is 21.3. The number of ether oxygens (including phenoxy) is 1. The third-order valence-electron chi connectivity index (χ3n) is 4.57. The molecule has 0 spiro atoms. The first-order valence-corrected chi connectivity index (χ1v) is 11.1. The zero-order valence-electron chi connectivity index (χ0n) is 16.6. The molecule has 1 N–H and O–H groups in total. The second-order valence-corrected chi connectivity index (χ2v) is 8.09. The summed E-state index contributed by atoms with van der Waals surface area (Å²) in [6, 6.07) is 25.8. The highest BCUT2D eigenvalue weighted by Crippen LogP contribution is 2.18. The van der Waals surface area contributed by atoms with E-state index in [1.165, 1.54) is 6.26 Å². The predicted octanol–water partition coefficient (Wildman–Crippen LogP) is 3.68. The summed E-state index contributed by atoms with van der Waals surface area (Å²) < 4.78 is 17.0. The average molecular weight is 422 g/mol. The summed E-state index contributed by atoms with van der Waals surface area (Å²) in [5, 5.41) is 2.95. The van der Waals surface area contributed by atoms with E-state index in [0.29, 0.717) is 11.3 Å². The summed E-state index contributed by atoms with van der Waals surface area (Å²) in [6.45, 7) is -0.415. The number of rotatable bonds is 8. The second-order valence-electron chi connectivity index (χ2n) is 6.75. The van der Waals surface area contributed by atoms with Crippen LogP contribution in [0, 0.1) is 0 Å². The van der Waals surface area contributed by atoms with E-state index in [0.717, 1.165) is 11.1 Å². The van der Waals surface area contributed by atoms with Gasteiger partial charge in [0.15, 0.2) is 6.61 Å². The SMILES string of the molecule is C[S@@](=O)c1ccccc1C(=O)OCC(=O)N[C@H](Cc1ccccc1)c1ccccc1. The maximum Gasteiger partial charge on any atom is 0.339 e. The first-order valence-electron chi connectivity index (χ1n) is 9.52. The van der Waals surface area contributed by atoms with Crippen molar-refractivity contribution < 1.29 is 18.5 Å². The summed E-state index contributed by atoms with van der Waals surface area (Å²) in [6.07, 6.45) is 2.11. The largest absolute Gasteiger partial charge is 0.452 e. The fourth-order valence-electron chi connectivity index (χ4n) is 3.12. The van der Waals surface area contributed by atoms with Gasteiger partial charge < -0.3 is 10.1 Å². The molecule has 0 radical (unpaired) electrons. The molecule has 1 amide bonds. The van der Waals surface area contributed by atoms with Crippen LogP contribution in [0.15, 0.2) is 89.8 Å². The Bertz CT molecular complexity index is 1020. The van der Waals surface area contributed by atoms with Crippen molar-refractivity contribution in [2.24, 2.45) is 0 Å². The molecule has 6 heteroatoms. The molecule has 30 heavy (non-hydrogen) atoms. The van der Waals surface area contributed by atoms with Crippen LogP contribution in [0.2, 0.25) is 0 Å². The normalized spacial score (nSPS) is 12.6. The number of carbonyl (C=O) groups is 2. The van der Waals surface area contributed by atoms with Gasteiger partial charge in [-0.3, -0.25) is 9.00 Å². The van der Waals surface area contributed by atoms with E-state index in [9.17, 15) is 13.8 Å². The van der Waals surface area contributed by atoms with Crippen LogP contribution in [0.4, 0.5) is 0 Å². The Balaban J connectivity index is 1.66. The van der Waals surface area contributed by atoms with Crippen LogP contribution < -0.4 is 5.32 Å². The van der Waals surface area contributed by atoms with E-state index in [1.54, 1.807) is 24.3 Å². The van der Waals surface area contributed by atoms with Crippen molar-refractivity contribution in [3.63, 3.8) is 0 Å². The lowest BCUT2D eigenvalue weighted by atomic mass is 9.99. The van der Waals surface area contributed by atoms with Crippen molar-refractivity contribution >= 4 is 22.7 Å². The van der Waals surface area contributed by atoms with E-state index in [4.69, 9.17) is 4.74 Å². The molecule has 0 aliphatic heterocycles. The molecule has 3 rings (SSSR count). The Morgan fingerprint density at radius 3 is 2.17 bits per heavy atom. The summed E-state index contributed by atoms with van der Waals surface area (Å²) >= 11 is 0. The van der Waals surface area contributed by atoms with Gasteiger partial charge >= 0.3 is 5.97 Å². The number of hydrogen-bond acceptors (Lipinski definition) is 4. The average Bonchev–Trinajstić information content (AvgIpc) is 2.78. The number of nitrogens with one attached hydrogen (secondary N) is 1. The van der Waals surface area contributed by atoms with Crippen LogP contribution in [0.3, 0.4) is 0 Å². The predicted molar refractivity (Wildman–Crippen MR) is 117 cm³/mol. The molecule has 154 valence electrons. The van der Waals surface area contributed by atoms with Crippen molar-refractivity contribution in [1.29, 1.82) is 0 Å². The van der Waals surface area contributed by atoms with Crippen LogP contribution in [0.25, 0.3) is 0 Å². The fourth-order valence-corrected chi connectivity index (χ4v) is 3.85. The monoisotopic (exact) mass is 421 g/mol. The van der Waals surface area contributed by atoms with Gasteiger partial charge in [0.2, 0.25) is 0 Å². The Labute approximate surface area is 178 Å². The van der Waals surface area contributed by atoms with E-state index >= 15 is 0 Å². The first kappa shape index (κ1) is 21.5. The van der Waals surface area contributed by atoms with Crippen molar-refractivity contribution in [3.05, 3.63) is 102 Å². The minimum atomic E-state index is -1.33. The Morgan fingerprint density at radius 1 is 0.900 bits per heavy atom. The third-order valence-corrected chi connectivity index (χ3v) is 5.55. The molecule has 2 atom stereocenters. The van der Waals surface area contributed by atoms with Gasteiger partial charge in [-0.1, -0.05) is 72.8 Å². The number of benzene rings is 3. The topological polar surface area (TPSA) is 72.5 Å². The molecule has 3 aromatic carbocycles. The van der Waals surface area contributed by atoms with E-state index in [-0.39, 0.29) is 11.6 Å².